The van der Waals surface area contributed by atoms with E-state index >= 15 is 0 Å². The largest absolute Gasteiger partial charge is 0.493 e. The van der Waals surface area contributed by atoms with E-state index in [9.17, 15) is 4.79 Å². The highest BCUT2D eigenvalue weighted by molar-refractivity contribution is 6.32. The highest BCUT2D eigenvalue weighted by atomic mass is 35.5. The van der Waals surface area contributed by atoms with Crippen LogP contribution in [-0.4, -0.2) is 31.0 Å². The van der Waals surface area contributed by atoms with E-state index in [4.69, 9.17) is 26.2 Å². The van der Waals surface area contributed by atoms with Gasteiger partial charge in [0.2, 0.25) is 0 Å². The molecule has 0 fully saturated rings. The lowest BCUT2D eigenvalue weighted by atomic mass is 10.2. The van der Waals surface area contributed by atoms with Crippen molar-refractivity contribution in [2.45, 2.75) is 6.92 Å². The molecular formula is C17H17ClN2O4. The van der Waals surface area contributed by atoms with Crippen LogP contribution in [0.5, 0.6) is 11.5 Å². The van der Waals surface area contributed by atoms with Gasteiger partial charge in [-0.1, -0.05) is 11.6 Å². The molecule has 0 aliphatic heterocycles. The molecule has 24 heavy (non-hydrogen) atoms. The molecule has 0 unspecified atom stereocenters. The van der Waals surface area contributed by atoms with E-state index in [-0.39, 0.29) is 5.56 Å². The number of carbonyl (C=O) groups is 1. The number of carboxylic acids is 1. The van der Waals surface area contributed by atoms with Crippen LogP contribution in [0.25, 0.3) is 0 Å². The average Bonchev–Trinajstić information content (AvgIpc) is 2.57. The molecule has 0 aliphatic carbocycles. The molecule has 0 spiro atoms. The first-order valence-electron chi connectivity index (χ1n) is 7.18. The normalized spacial score (nSPS) is 10.6. The fourth-order valence-electron chi connectivity index (χ4n) is 1.97. The number of methoxy groups -OCH3 is 1. The molecule has 0 saturated heterocycles. The molecule has 0 bridgehead atoms. The van der Waals surface area contributed by atoms with Crippen LogP contribution in [0, 0.1) is 0 Å². The molecular weight excluding hydrogens is 332 g/mol. The van der Waals surface area contributed by atoms with Crippen LogP contribution in [-0.2, 0) is 0 Å². The molecule has 6 nitrogen and oxygen atoms in total. The van der Waals surface area contributed by atoms with Crippen LogP contribution in [0.2, 0.25) is 5.02 Å². The van der Waals surface area contributed by atoms with Gasteiger partial charge in [0.1, 0.15) is 0 Å². The van der Waals surface area contributed by atoms with Crippen molar-refractivity contribution in [2.75, 3.05) is 19.1 Å². The summed E-state index contributed by atoms with van der Waals surface area (Å²) in [5, 5.41) is 13.4. The first-order valence-corrected chi connectivity index (χ1v) is 7.55. The predicted molar refractivity (Wildman–Crippen MR) is 93.8 cm³/mol. The lowest BCUT2D eigenvalue weighted by Gasteiger charge is -2.11. The zero-order valence-corrected chi connectivity index (χ0v) is 14.0. The molecule has 2 aromatic rings. The number of ether oxygens (including phenoxy) is 2. The molecule has 7 heteroatoms. The fraction of sp³-hybridized carbons (Fsp3) is 0.176. The summed E-state index contributed by atoms with van der Waals surface area (Å²) in [6.07, 6.45) is 1.58. The van der Waals surface area contributed by atoms with E-state index in [0.29, 0.717) is 28.8 Å². The maximum Gasteiger partial charge on any atom is 0.335 e. The first kappa shape index (κ1) is 17.6. The van der Waals surface area contributed by atoms with Crippen molar-refractivity contribution < 1.29 is 19.4 Å². The van der Waals surface area contributed by atoms with Crippen molar-refractivity contribution in [3.05, 3.63) is 52.5 Å². The molecule has 0 radical (unpaired) electrons. The number of nitrogens with one attached hydrogen (secondary N) is 1. The highest BCUT2D eigenvalue weighted by Gasteiger charge is 2.10. The zero-order valence-electron chi connectivity index (χ0n) is 13.2. The van der Waals surface area contributed by atoms with Gasteiger partial charge in [-0.25, -0.2) is 4.79 Å². The van der Waals surface area contributed by atoms with Gasteiger partial charge in [-0.05, 0) is 48.9 Å². The highest BCUT2D eigenvalue weighted by Crippen LogP contribution is 2.35. The van der Waals surface area contributed by atoms with Gasteiger partial charge in [0, 0.05) is 0 Å². The SMILES string of the molecule is CCOc1c(Cl)cc(/C=N\Nc2ccc(C(=O)O)cc2)cc1OC. The van der Waals surface area contributed by atoms with Crippen LogP contribution in [0.3, 0.4) is 0 Å². The quantitative estimate of drug-likeness (QED) is 0.586. The third kappa shape index (κ3) is 4.39. The minimum absolute atomic E-state index is 0.215. The van der Waals surface area contributed by atoms with Gasteiger partial charge in [0.05, 0.1) is 36.2 Å². The molecule has 0 saturated carbocycles. The Morgan fingerprint density at radius 1 is 1.33 bits per heavy atom. The monoisotopic (exact) mass is 348 g/mol. The van der Waals surface area contributed by atoms with Crippen molar-refractivity contribution in [3.63, 3.8) is 0 Å². The summed E-state index contributed by atoms with van der Waals surface area (Å²) < 4.78 is 10.7. The fourth-order valence-corrected chi connectivity index (χ4v) is 2.24. The summed E-state index contributed by atoms with van der Waals surface area (Å²) in [7, 11) is 1.54. The molecule has 0 aromatic heterocycles. The number of halogens is 1. The van der Waals surface area contributed by atoms with Crippen molar-refractivity contribution in [1.82, 2.24) is 0 Å². The van der Waals surface area contributed by atoms with E-state index < -0.39 is 5.97 Å². The number of benzene rings is 2. The maximum atomic E-state index is 10.8. The lowest BCUT2D eigenvalue weighted by molar-refractivity contribution is 0.0697. The summed E-state index contributed by atoms with van der Waals surface area (Å²) in [6.45, 7) is 2.35. The second-order valence-electron chi connectivity index (χ2n) is 4.72. The van der Waals surface area contributed by atoms with Crippen LogP contribution in [0.4, 0.5) is 5.69 Å². The molecule has 2 aromatic carbocycles. The summed E-state index contributed by atoms with van der Waals surface area (Å²) in [6, 6.07) is 9.73. The summed E-state index contributed by atoms with van der Waals surface area (Å²) in [5.41, 5.74) is 4.43. The molecule has 0 heterocycles. The molecule has 2 rings (SSSR count). The van der Waals surface area contributed by atoms with Gasteiger partial charge < -0.3 is 14.6 Å². The standard InChI is InChI=1S/C17H17ClN2O4/c1-3-24-16-14(18)8-11(9-15(16)23-2)10-19-20-13-6-4-12(5-7-13)17(21)22/h4-10,20H,3H2,1-2H3,(H,21,22)/b19-10-. The average molecular weight is 349 g/mol. The van der Waals surface area contributed by atoms with Crippen molar-refractivity contribution in [2.24, 2.45) is 5.10 Å². The van der Waals surface area contributed by atoms with Crippen LogP contribution in [0.15, 0.2) is 41.5 Å². The van der Waals surface area contributed by atoms with E-state index in [1.807, 2.05) is 6.92 Å². The number of carboxylic acid groups (broad SMARTS) is 1. The maximum absolute atomic E-state index is 10.8. The Labute approximate surface area is 144 Å². The number of hydrogen-bond donors (Lipinski definition) is 2. The second kappa shape index (κ2) is 8.21. The first-order chi connectivity index (χ1) is 11.5. The van der Waals surface area contributed by atoms with Crippen LogP contribution < -0.4 is 14.9 Å². The Morgan fingerprint density at radius 2 is 2.04 bits per heavy atom. The lowest BCUT2D eigenvalue weighted by Crippen LogP contribution is -1.98. The van der Waals surface area contributed by atoms with Crippen LogP contribution in [0.1, 0.15) is 22.8 Å². The van der Waals surface area contributed by atoms with Gasteiger partial charge >= 0.3 is 5.97 Å². The minimum Gasteiger partial charge on any atom is -0.493 e. The number of nitrogens with zero attached hydrogens (tertiary/aromatic N) is 1. The van der Waals surface area contributed by atoms with E-state index in [0.717, 1.165) is 5.56 Å². The summed E-state index contributed by atoms with van der Waals surface area (Å²) >= 11 is 6.19. The van der Waals surface area contributed by atoms with Gasteiger partial charge in [-0.2, -0.15) is 5.10 Å². The molecule has 2 N–H and O–H groups in total. The number of hydrogen-bond acceptors (Lipinski definition) is 5. The summed E-state index contributed by atoms with van der Waals surface area (Å²) in [4.78, 5) is 10.8. The third-order valence-electron chi connectivity index (χ3n) is 3.08. The van der Waals surface area contributed by atoms with Gasteiger partial charge in [0.15, 0.2) is 11.5 Å². The van der Waals surface area contributed by atoms with Crippen LogP contribution >= 0.6 is 11.6 Å². The predicted octanol–water partition coefficient (Wildman–Crippen LogP) is 3.89. The van der Waals surface area contributed by atoms with Gasteiger partial charge in [-0.3, -0.25) is 5.43 Å². The zero-order chi connectivity index (χ0) is 17.5. The van der Waals surface area contributed by atoms with E-state index in [2.05, 4.69) is 10.5 Å². The van der Waals surface area contributed by atoms with E-state index in [1.165, 1.54) is 19.2 Å². The number of rotatable bonds is 7. The van der Waals surface area contributed by atoms with Gasteiger partial charge in [0.25, 0.3) is 0 Å². The Hall–Kier alpha value is -2.73. The number of anilines is 1. The Morgan fingerprint density at radius 3 is 2.62 bits per heavy atom. The van der Waals surface area contributed by atoms with Crippen molar-refractivity contribution in [3.8, 4) is 11.5 Å². The third-order valence-corrected chi connectivity index (χ3v) is 3.36. The minimum atomic E-state index is -0.971. The Bertz CT molecular complexity index is 745. The molecule has 126 valence electrons. The number of aromatic carboxylic acids is 1. The number of hydrazone groups is 1. The Kier molecular flexibility index (Phi) is 6.03. The van der Waals surface area contributed by atoms with Gasteiger partial charge in [-0.15, -0.1) is 0 Å². The van der Waals surface area contributed by atoms with Crippen molar-refractivity contribution >= 4 is 29.5 Å². The second-order valence-corrected chi connectivity index (χ2v) is 5.13. The molecule has 0 amide bonds. The van der Waals surface area contributed by atoms with E-state index in [1.54, 1.807) is 30.5 Å². The smallest absolute Gasteiger partial charge is 0.335 e. The Balaban J connectivity index is 2.11. The summed E-state index contributed by atoms with van der Waals surface area (Å²) in [5.74, 6) is 0.0498. The van der Waals surface area contributed by atoms with Crippen molar-refractivity contribution in [1.29, 1.82) is 0 Å². The molecule has 0 aliphatic rings. The molecule has 0 atom stereocenters. The topological polar surface area (TPSA) is 80.2 Å².